The van der Waals surface area contributed by atoms with E-state index in [1.54, 1.807) is 0 Å². The van der Waals surface area contributed by atoms with Crippen LogP contribution in [0.15, 0.2) is 53.9 Å². The van der Waals surface area contributed by atoms with Crippen LogP contribution < -0.4 is 5.32 Å². The topological polar surface area (TPSA) is 85.8 Å². The van der Waals surface area contributed by atoms with Crippen LogP contribution in [-0.2, 0) is 11.4 Å². The van der Waals surface area contributed by atoms with Crippen LogP contribution >= 0.6 is 0 Å². The molecule has 1 aliphatic carbocycles. The Morgan fingerprint density at radius 2 is 2.07 bits per heavy atom. The van der Waals surface area contributed by atoms with Crippen LogP contribution in [0.25, 0.3) is 10.9 Å². The van der Waals surface area contributed by atoms with Gasteiger partial charge in [0, 0.05) is 38.1 Å². The number of amidine groups is 1. The van der Waals surface area contributed by atoms with E-state index in [1.807, 2.05) is 35.4 Å². The van der Waals surface area contributed by atoms with Gasteiger partial charge < -0.3 is 9.74 Å². The molecular formula is C20H22N6O2. The number of hydrogen-bond acceptors (Lipinski definition) is 5. The number of aromatic amines is 1. The van der Waals surface area contributed by atoms with Crippen molar-refractivity contribution in [3.8, 4) is 0 Å². The highest BCUT2D eigenvalue weighted by Gasteiger charge is 2.33. The predicted octanol–water partition coefficient (Wildman–Crippen LogP) is 1.84. The van der Waals surface area contributed by atoms with E-state index < -0.39 is 0 Å². The first-order chi connectivity index (χ1) is 13.8. The van der Waals surface area contributed by atoms with Gasteiger partial charge in [0.25, 0.3) is 0 Å². The summed E-state index contributed by atoms with van der Waals surface area (Å²) in [5.74, 6) is 0.582. The van der Waals surface area contributed by atoms with E-state index in [2.05, 4.69) is 43.8 Å². The minimum atomic E-state index is -0.107. The fraction of sp³-hybridized carbons (Fsp3) is 0.350. The second kappa shape index (κ2) is 7.12. The van der Waals surface area contributed by atoms with Gasteiger partial charge in [-0.3, -0.25) is 15.3 Å². The summed E-state index contributed by atoms with van der Waals surface area (Å²) in [6.45, 7) is 3.93. The number of allylic oxidation sites excluding steroid dienone is 2. The highest BCUT2D eigenvalue weighted by molar-refractivity contribution is 6.00. The summed E-state index contributed by atoms with van der Waals surface area (Å²) in [6, 6.07) is 6.26. The summed E-state index contributed by atoms with van der Waals surface area (Å²) in [5, 5.41) is 15.2. The normalized spacial score (nSPS) is 24.1. The number of aromatic nitrogens is 2. The van der Waals surface area contributed by atoms with Crippen molar-refractivity contribution in [3.05, 3.63) is 54.3 Å². The third-order valence-electron chi connectivity index (χ3n) is 5.48. The second-order valence-corrected chi connectivity index (χ2v) is 7.33. The molecule has 2 aliphatic heterocycles. The van der Waals surface area contributed by atoms with Crippen molar-refractivity contribution in [2.45, 2.75) is 12.6 Å². The van der Waals surface area contributed by atoms with Crippen molar-refractivity contribution >= 4 is 22.8 Å². The zero-order valence-electron chi connectivity index (χ0n) is 15.4. The lowest BCUT2D eigenvalue weighted by atomic mass is 9.97. The molecule has 3 aliphatic rings. The molecule has 1 aromatic carbocycles. The highest BCUT2D eigenvalue weighted by Crippen LogP contribution is 2.23. The molecule has 1 aromatic heterocycles. The number of fused-ring (bicyclic) bond motifs is 2. The van der Waals surface area contributed by atoms with E-state index >= 15 is 0 Å². The summed E-state index contributed by atoms with van der Waals surface area (Å²) in [4.78, 5) is 22.2. The van der Waals surface area contributed by atoms with Crippen molar-refractivity contribution < 1.29 is 9.63 Å². The van der Waals surface area contributed by atoms with Crippen LogP contribution in [0, 0.1) is 5.92 Å². The molecular weight excluding hydrogens is 356 g/mol. The Kier molecular flexibility index (Phi) is 4.32. The Balaban J connectivity index is 1.14. The molecule has 0 spiro atoms. The summed E-state index contributed by atoms with van der Waals surface area (Å²) in [7, 11) is 0. The first-order valence-electron chi connectivity index (χ1n) is 9.55. The minimum absolute atomic E-state index is 0.00682. The van der Waals surface area contributed by atoms with Gasteiger partial charge in [-0.2, -0.15) is 5.10 Å². The average Bonchev–Trinajstić information content (AvgIpc) is 3.35. The molecule has 28 heavy (non-hydrogen) atoms. The largest absolute Gasteiger partial charge is 0.386 e. The number of nitrogens with one attached hydrogen (secondary N) is 2. The molecule has 8 nitrogen and oxygen atoms in total. The number of benzene rings is 1. The number of amides is 2. The number of piperazine rings is 1. The lowest BCUT2D eigenvalue weighted by molar-refractivity contribution is 0.105. The van der Waals surface area contributed by atoms with Crippen molar-refractivity contribution in [2.24, 2.45) is 11.1 Å². The Morgan fingerprint density at radius 1 is 1.21 bits per heavy atom. The molecule has 8 heteroatoms. The van der Waals surface area contributed by atoms with Crippen molar-refractivity contribution in [3.63, 3.8) is 0 Å². The first-order valence-corrected chi connectivity index (χ1v) is 9.55. The summed E-state index contributed by atoms with van der Waals surface area (Å²) in [6.07, 6.45) is 9.57. The number of nitrogens with zero attached hydrogens (tertiary/aromatic N) is 4. The number of carbonyl (C=O) groups is 1. The number of carbonyl (C=O) groups excluding carboxylic acids is 1. The quantitative estimate of drug-likeness (QED) is 0.835. The van der Waals surface area contributed by atoms with E-state index in [-0.39, 0.29) is 18.1 Å². The maximum absolute atomic E-state index is 12.6. The number of rotatable bonds is 2. The van der Waals surface area contributed by atoms with Crippen LogP contribution in [0.5, 0.6) is 0 Å². The number of oxime groups is 1. The fourth-order valence-corrected chi connectivity index (χ4v) is 3.86. The van der Waals surface area contributed by atoms with Crippen LogP contribution in [0.1, 0.15) is 5.56 Å². The van der Waals surface area contributed by atoms with Gasteiger partial charge in [-0.25, -0.2) is 4.79 Å². The lowest BCUT2D eigenvalue weighted by Gasteiger charge is -2.34. The monoisotopic (exact) mass is 378 g/mol. The molecule has 2 unspecified atom stereocenters. The Morgan fingerprint density at radius 3 is 2.96 bits per heavy atom. The molecule has 0 saturated carbocycles. The van der Waals surface area contributed by atoms with Crippen molar-refractivity contribution in [2.75, 3.05) is 26.2 Å². The van der Waals surface area contributed by atoms with Gasteiger partial charge in [0.05, 0.1) is 17.6 Å². The van der Waals surface area contributed by atoms with Crippen LogP contribution in [0.3, 0.4) is 0 Å². The molecule has 3 heterocycles. The van der Waals surface area contributed by atoms with Gasteiger partial charge in [-0.1, -0.05) is 35.5 Å². The zero-order chi connectivity index (χ0) is 18.9. The van der Waals surface area contributed by atoms with Gasteiger partial charge in [0.15, 0.2) is 11.9 Å². The van der Waals surface area contributed by atoms with E-state index in [4.69, 9.17) is 4.84 Å². The average molecular weight is 378 g/mol. The van der Waals surface area contributed by atoms with Crippen LogP contribution in [0.4, 0.5) is 4.79 Å². The molecule has 144 valence electrons. The van der Waals surface area contributed by atoms with Crippen molar-refractivity contribution in [1.82, 2.24) is 25.3 Å². The Hall–Kier alpha value is -3.13. The molecule has 1 fully saturated rings. The summed E-state index contributed by atoms with van der Waals surface area (Å²) < 4.78 is 0. The zero-order valence-corrected chi connectivity index (χ0v) is 15.4. The Labute approximate surface area is 162 Å². The van der Waals surface area contributed by atoms with Gasteiger partial charge in [-0.15, -0.1) is 0 Å². The predicted molar refractivity (Wildman–Crippen MR) is 106 cm³/mol. The van der Waals surface area contributed by atoms with Gasteiger partial charge >= 0.3 is 6.03 Å². The standard InChI is InChI=1S/C20H22N6O2/c27-20(22-19-16-3-1-2-4-18(16)28-24-19)26-9-7-25(8-10-26)13-14-5-6-15-12-21-23-17(15)11-14/h1-6,11-12,16,18H,7-10,13H2,(H,21,23)(H,22,24,27). The molecule has 2 atom stereocenters. The highest BCUT2D eigenvalue weighted by atomic mass is 16.6. The molecule has 2 amide bonds. The minimum Gasteiger partial charge on any atom is -0.386 e. The Bertz CT molecular complexity index is 970. The molecule has 2 aromatic rings. The molecule has 1 saturated heterocycles. The van der Waals surface area contributed by atoms with Gasteiger partial charge in [0.1, 0.15) is 0 Å². The first kappa shape index (κ1) is 17.0. The van der Waals surface area contributed by atoms with E-state index in [0.29, 0.717) is 18.9 Å². The summed E-state index contributed by atoms with van der Waals surface area (Å²) in [5.41, 5.74) is 2.30. The van der Waals surface area contributed by atoms with Crippen molar-refractivity contribution in [1.29, 1.82) is 0 Å². The van der Waals surface area contributed by atoms with E-state index in [0.717, 1.165) is 30.5 Å². The van der Waals surface area contributed by atoms with Crippen LogP contribution in [-0.4, -0.2) is 64.1 Å². The van der Waals surface area contributed by atoms with Crippen LogP contribution in [0.2, 0.25) is 0 Å². The molecule has 0 bridgehead atoms. The molecule has 2 N–H and O–H groups in total. The van der Waals surface area contributed by atoms with E-state index in [9.17, 15) is 4.79 Å². The maximum Gasteiger partial charge on any atom is 0.322 e. The third-order valence-corrected chi connectivity index (χ3v) is 5.48. The van der Waals surface area contributed by atoms with Gasteiger partial charge in [0.2, 0.25) is 0 Å². The molecule has 5 rings (SSSR count). The number of hydrogen-bond donors (Lipinski definition) is 2. The summed E-state index contributed by atoms with van der Waals surface area (Å²) >= 11 is 0. The maximum atomic E-state index is 12.6. The second-order valence-electron chi connectivity index (χ2n) is 7.33. The third kappa shape index (κ3) is 3.27. The number of urea groups is 1. The SMILES string of the molecule is O=C(NC1=NOC2C=CC=CC12)N1CCN(Cc2ccc3cn[nH]c3c2)CC1. The smallest absolute Gasteiger partial charge is 0.322 e. The molecule has 0 radical (unpaired) electrons. The fourth-order valence-electron chi connectivity index (χ4n) is 3.86. The van der Waals surface area contributed by atoms with Gasteiger partial charge in [-0.05, 0) is 17.7 Å². The van der Waals surface area contributed by atoms with E-state index in [1.165, 1.54) is 5.56 Å². The lowest BCUT2D eigenvalue weighted by Crippen LogP contribution is -2.53. The number of H-pyrrole nitrogens is 1.